The summed E-state index contributed by atoms with van der Waals surface area (Å²) < 4.78 is 5.56. The van der Waals surface area contributed by atoms with E-state index < -0.39 is 0 Å². The van der Waals surface area contributed by atoms with Crippen molar-refractivity contribution in [2.45, 2.75) is 6.92 Å². The highest BCUT2D eigenvalue weighted by Gasteiger charge is 2.01. The van der Waals surface area contributed by atoms with Crippen LogP contribution in [0.3, 0.4) is 0 Å². The summed E-state index contributed by atoms with van der Waals surface area (Å²) in [5.41, 5.74) is 6.11. The number of amidine groups is 1. The van der Waals surface area contributed by atoms with Gasteiger partial charge >= 0.3 is 0 Å². The highest BCUT2D eigenvalue weighted by molar-refractivity contribution is 7.99. The lowest BCUT2D eigenvalue weighted by molar-refractivity contribution is 0.250. The zero-order chi connectivity index (χ0) is 14.1. The van der Waals surface area contributed by atoms with Gasteiger partial charge in [0.1, 0.15) is 5.75 Å². The number of thioether (sulfide) groups is 1. The molecule has 0 spiro atoms. The zero-order valence-corrected chi connectivity index (χ0v) is 11.8. The highest BCUT2D eigenvalue weighted by atomic mass is 32.2. The number of nitrogens with two attached hydrogens (primary N) is 1. The second-order valence-corrected chi connectivity index (χ2v) is 5.37. The molecule has 19 heavy (non-hydrogen) atoms. The van der Waals surface area contributed by atoms with Gasteiger partial charge in [-0.05, 0) is 35.9 Å². The van der Waals surface area contributed by atoms with Crippen LogP contribution in [-0.4, -0.2) is 40.9 Å². The molecule has 4 N–H and O–H groups in total. The van der Waals surface area contributed by atoms with Crippen molar-refractivity contribution >= 4 is 17.6 Å². The average molecular weight is 284 g/mol. The van der Waals surface area contributed by atoms with E-state index >= 15 is 0 Å². The minimum atomic E-state index is 0.0834. The Morgan fingerprint density at radius 3 is 2.68 bits per heavy atom. The Kier molecular flexibility index (Phi) is 7.14. The normalized spacial score (nSPS) is 13.3. The Morgan fingerprint density at radius 1 is 1.42 bits per heavy atom. The standard InChI is InChI=1S/C13H20N2O3S/c1-10(8-16)9-19-7-6-18-12-4-2-11(3-5-12)13(14)15-17/h2-5,10,16-17H,6-9H2,1H3,(H2,14,15). The van der Waals surface area contributed by atoms with Gasteiger partial charge in [-0.3, -0.25) is 0 Å². The van der Waals surface area contributed by atoms with Crippen molar-refractivity contribution in [3.05, 3.63) is 29.8 Å². The first-order valence-electron chi connectivity index (χ1n) is 6.06. The van der Waals surface area contributed by atoms with Crippen LogP contribution in [0.15, 0.2) is 29.4 Å². The molecule has 0 amide bonds. The largest absolute Gasteiger partial charge is 0.493 e. The van der Waals surface area contributed by atoms with Crippen LogP contribution in [0, 0.1) is 5.92 Å². The summed E-state index contributed by atoms with van der Waals surface area (Å²) in [6, 6.07) is 7.06. The molecule has 0 fully saturated rings. The topological polar surface area (TPSA) is 88.1 Å². The number of aliphatic hydroxyl groups excluding tert-OH is 1. The molecule has 6 heteroatoms. The fraction of sp³-hybridized carbons (Fsp3) is 0.462. The predicted molar refractivity (Wildman–Crippen MR) is 78.0 cm³/mol. The molecular weight excluding hydrogens is 264 g/mol. The van der Waals surface area contributed by atoms with Gasteiger partial charge in [-0.15, -0.1) is 0 Å². The van der Waals surface area contributed by atoms with Crippen LogP contribution in [0.25, 0.3) is 0 Å². The van der Waals surface area contributed by atoms with E-state index in [2.05, 4.69) is 5.16 Å². The third-order valence-corrected chi connectivity index (χ3v) is 3.73. The summed E-state index contributed by atoms with van der Waals surface area (Å²) in [6.07, 6.45) is 0. The molecule has 1 aromatic rings. The van der Waals surface area contributed by atoms with Gasteiger partial charge in [-0.1, -0.05) is 12.1 Å². The number of ether oxygens (including phenoxy) is 1. The quantitative estimate of drug-likeness (QED) is 0.221. The maximum Gasteiger partial charge on any atom is 0.170 e. The monoisotopic (exact) mass is 284 g/mol. The lowest BCUT2D eigenvalue weighted by Gasteiger charge is -2.09. The van der Waals surface area contributed by atoms with Gasteiger partial charge in [0.25, 0.3) is 0 Å². The minimum Gasteiger partial charge on any atom is -0.493 e. The Labute approximate surface area is 117 Å². The van der Waals surface area contributed by atoms with Crippen LogP contribution in [0.2, 0.25) is 0 Å². The maximum atomic E-state index is 8.88. The van der Waals surface area contributed by atoms with Crippen molar-refractivity contribution in [2.24, 2.45) is 16.8 Å². The fourth-order valence-electron chi connectivity index (χ4n) is 1.34. The first kappa shape index (κ1) is 15.7. The lowest BCUT2D eigenvalue weighted by Crippen LogP contribution is -2.12. The van der Waals surface area contributed by atoms with E-state index in [0.717, 1.165) is 17.3 Å². The first-order chi connectivity index (χ1) is 9.17. The molecule has 0 bridgehead atoms. The van der Waals surface area contributed by atoms with Crippen LogP contribution in [0.1, 0.15) is 12.5 Å². The van der Waals surface area contributed by atoms with Crippen molar-refractivity contribution in [1.82, 2.24) is 0 Å². The SMILES string of the molecule is CC(CO)CSCCOc1ccc(C(N)=NO)cc1. The molecule has 0 saturated carbocycles. The molecule has 106 valence electrons. The number of hydrogen-bond donors (Lipinski definition) is 3. The fourth-order valence-corrected chi connectivity index (χ4v) is 2.21. The van der Waals surface area contributed by atoms with E-state index in [-0.39, 0.29) is 12.4 Å². The second kappa shape index (κ2) is 8.66. The first-order valence-corrected chi connectivity index (χ1v) is 7.22. The Morgan fingerprint density at radius 2 is 2.11 bits per heavy atom. The molecular formula is C13H20N2O3S. The number of nitrogens with zero attached hydrogens (tertiary/aromatic N) is 1. The zero-order valence-electron chi connectivity index (χ0n) is 11.0. The molecule has 0 aliphatic heterocycles. The summed E-state index contributed by atoms with van der Waals surface area (Å²) in [5, 5.41) is 20.3. The number of rotatable bonds is 8. The molecule has 5 nitrogen and oxygen atoms in total. The Hall–Kier alpha value is -1.40. The van der Waals surface area contributed by atoms with Crippen LogP contribution >= 0.6 is 11.8 Å². The van der Waals surface area contributed by atoms with E-state index in [4.69, 9.17) is 20.8 Å². The molecule has 1 aromatic carbocycles. The van der Waals surface area contributed by atoms with Crippen molar-refractivity contribution in [1.29, 1.82) is 0 Å². The van der Waals surface area contributed by atoms with Crippen molar-refractivity contribution in [3.8, 4) is 5.75 Å². The summed E-state index contributed by atoms with van der Waals surface area (Å²) in [7, 11) is 0. The van der Waals surface area contributed by atoms with Gasteiger partial charge in [-0.2, -0.15) is 11.8 Å². The number of aliphatic hydroxyl groups is 1. The number of benzene rings is 1. The molecule has 0 saturated heterocycles. The lowest BCUT2D eigenvalue weighted by atomic mass is 10.2. The van der Waals surface area contributed by atoms with Gasteiger partial charge in [0, 0.05) is 17.9 Å². The second-order valence-electron chi connectivity index (χ2n) is 4.22. The van der Waals surface area contributed by atoms with Gasteiger partial charge in [0.2, 0.25) is 0 Å². The highest BCUT2D eigenvalue weighted by Crippen LogP contribution is 2.13. The predicted octanol–water partition coefficient (Wildman–Crippen LogP) is 1.52. The molecule has 0 aliphatic rings. The van der Waals surface area contributed by atoms with Crippen LogP contribution in [-0.2, 0) is 0 Å². The summed E-state index contributed by atoms with van der Waals surface area (Å²) in [4.78, 5) is 0. The van der Waals surface area contributed by atoms with Crippen LogP contribution in [0.4, 0.5) is 0 Å². The molecule has 1 unspecified atom stereocenters. The molecule has 0 radical (unpaired) electrons. The summed E-state index contributed by atoms with van der Waals surface area (Å²) in [6.45, 7) is 2.86. The van der Waals surface area contributed by atoms with Crippen molar-refractivity contribution in [3.63, 3.8) is 0 Å². The number of hydrogen-bond acceptors (Lipinski definition) is 5. The molecule has 0 heterocycles. The van der Waals surface area contributed by atoms with Gasteiger partial charge in [0.05, 0.1) is 6.61 Å². The third kappa shape index (κ3) is 5.85. The maximum absolute atomic E-state index is 8.88. The summed E-state index contributed by atoms with van der Waals surface area (Å²) in [5.74, 6) is 2.98. The van der Waals surface area contributed by atoms with E-state index in [0.29, 0.717) is 18.1 Å². The van der Waals surface area contributed by atoms with E-state index in [1.165, 1.54) is 0 Å². The molecule has 0 aliphatic carbocycles. The molecule has 1 atom stereocenters. The van der Waals surface area contributed by atoms with Gasteiger partial charge < -0.3 is 20.8 Å². The smallest absolute Gasteiger partial charge is 0.170 e. The number of oxime groups is 1. The van der Waals surface area contributed by atoms with Crippen LogP contribution < -0.4 is 10.5 Å². The Bertz CT molecular complexity index is 395. The van der Waals surface area contributed by atoms with Gasteiger partial charge in [-0.25, -0.2) is 0 Å². The van der Waals surface area contributed by atoms with Crippen LogP contribution in [0.5, 0.6) is 5.75 Å². The molecule has 0 aromatic heterocycles. The average Bonchev–Trinajstić information content (AvgIpc) is 2.46. The third-order valence-electron chi connectivity index (χ3n) is 2.47. The van der Waals surface area contributed by atoms with E-state index in [1.54, 1.807) is 36.0 Å². The summed E-state index contributed by atoms with van der Waals surface area (Å²) >= 11 is 1.76. The van der Waals surface area contributed by atoms with E-state index in [1.807, 2.05) is 6.92 Å². The minimum absolute atomic E-state index is 0.0834. The van der Waals surface area contributed by atoms with Crippen molar-refractivity contribution < 1.29 is 15.1 Å². The molecule has 1 rings (SSSR count). The Balaban J connectivity index is 2.27. The van der Waals surface area contributed by atoms with Gasteiger partial charge in [0.15, 0.2) is 5.84 Å². The van der Waals surface area contributed by atoms with Crippen molar-refractivity contribution in [2.75, 3.05) is 24.7 Å². The van der Waals surface area contributed by atoms with E-state index in [9.17, 15) is 0 Å².